The molecule has 0 aromatic carbocycles. The van der Waals surface area contributed by atoms with Crippen LogP contribution in [0, 0.1) is 17.2 Å². The molecule has 0 aromatic rings. The highest BCUT2D eigenvalue weighted by atomic mass is 15.1. The van der Waals surface area contributed by atoms with Crippen molar-refractivity contribution >= 4 is 0 Å². The van der Waals surface area contributed by atoms with Crippen LogP contribution in [0.4, 0.5) is 0 Å². The third-order valence-corrected chi connectivity index (χ3v) is 4.22. The third-order valence-electron chi connectivity index (χ3n) is 4.22. The van der Waals surface area contributed by atoms with Gasteiger partial charge in [-0.15, -0.1) is 0 Å². The molecule has 2 atom stereocenters. The Labute approximate surface area is 106 Å². The van der Waals surface area contributed by atoms with Gasteiger partial charge >= 0.3 is 0 Å². The molecule has 1 aliphatic rings. The first-order valence-corrected chi connectivity index (χ1v) is 6.92. The average molecular weight is 237 g/mol. The van der Waals surface area contributed by atoms with E-state index in [1.54, 1.807) is 0 Å². The lowest BCUT2D eigenvalue weighted by Gasteiger charge is -2.31. The minimum atomic E-state index is -0.243. The van der Waals surface area contributed by atoms with Gasteiger partial charge in [0.2, 0.25) is 0 Å². The predicted octanol–water partition coefficient (Wildman–Crippen LogP) is 2.39. The molecule has 3 heteroatoms. The van der Waals surface area contributed by atoms with E-state index in [2.05, 4.69) is 44.1 Å². The molecule has 1 N–H and O–H groups in total. The minimum Gasteiger partial charge on any atom is -0.304 e. The highest BCUT2D eigenvalue weighted by Gasteiger charge is 2.42. The fourth-order valence-corrected chi connectivity index (χ4v) is 2.82. The van der Waals surface area contributed by atoms with Gasteiger partial charge in [0.1, 0.15) is 5.54 Å². The first-order valence-electron chi connectivity index (χ1n) is 6.92. The van der Waals surface area contributed by atoms with E-state index in [0.29, 0.717) is 12.0 Å². The number of nitrogens with zero attached hydrogens (tertiary/aromatic N) is 2. The summed E-state index contributed by atoms with van der Waals surface area (Å²) in [6, 6.07) is 3.14. The number of nitrogens with one attached hydrogen (secondary N) is 1. The molecule has 1 saturated carbocycles. The normalized spacial score (nSPS) is 28.9. The molecule has 1 fully saturated rings. The van der Waals surface area contributed by atoms with Crippen LogP contribution < -0.4 is 5.32 Å². The largest absolute Gasteiger partial charge is 0.304 e. The molecule has 1 aliphatic carbocycles. The molecule has 0 bridgehead atoms. The second-order valence-electron chi connectivity index (χ2n) is 5.57. The quantitative estimate of drug-likeness (QED) is 0.771. The molecule has 0 heterocycles. The Balaban J connectivity index is 2.54. The van der Waals surface area contributed by atoms with Crippen molar-refractivity contribution in [2.24, 2.45) is 5.92 Å². The van der Waals surface area contributed by atoms with Crippen LogP contribution in [0.15, 0.2) is 0 Å². The van der Waals surface area contributed by atoms with Gasteiger partial charge in [-0.05, 0) is 59.2 Å². The molecule has 1 rings (SSSR count). The summed E-state index contributed by atoms with van der Waals surface area (Å²) in [6.07, 6.45) is 4.55. The van der Waals surface area contributed by atoms with E-state index in [9.17, 15) is 5.26 Å². The summed E-state index contributed by atoms with van der Waals surface area (Å²) in [5.41, 5.74) is -0.243. The van der Waals surface area contributed by atoms with E-state index in [0.717, 1.165) is 25.9 Å². The average Bonchev–Trinajstić information content (AvgIpc) is 2.70. The maximum atomic E-state index is 9.47. The number of nitriles is 1. The van der Waals surface area contributed by atoms with Crippen LogP contribution in [0.1, 0.15) is 46.5 Å². The van der Waals surface area contributed by atoms with Crippen molar-refractivity contribution in [1.82, 2.24) is 10.2 Å². The predicted molar refractivity (Wildman–Crippen MR) is 71.7 cm³/mol. The van der Waals surface area contributed by atoms with Crippen LogP contribution in [0.25, 0.3) is 0 Å². The molecule has 3 nitrogen and oxygen atoms in total. The second kappa shape index (κ2) is 6.37. The van der Waals surface area contributed by atoms with Crippen LogP contribution in [0.5, 0.6) is 0 Å². The lowest BCUT2D eigenvalue weighted by atomic mass is 9.85. The van der Waals surface area contributed by atoms with Crippen molar-refractivity contribution in [2.75, 3.05) is 20.1 Å². The van der Waals surface area contributed by atoms with Crippen LogP contribution in [0.3, 0.4) is 0 Å². The molecule has 0 amide bonds. The highest BCUT2D eigenvalue weighted by molar-refractivity contribution is 5.14. The second-order valence-corrected chi connectivity index (χ2v) is 5.57. The van der Waals surface area contributed by atoms with Gasteiger partial charge in [-0.2, -0.15) is 5.26 Å². The maximum absolute atomic E-state index is 9.47. The van der Waals surface area contributed by atoms with Gasteiger partial charge in [0, 0.05) is 6.04 Å². The molecular formula is C14H27N3. The maximum Gasteiger partial charge on any atom is 0.109 e. The molecule has 0 spiro atoms. The van der Waals surface area contributed by atoms with Crippen molar-refractivity contribution in [3.63, 3.8) is 0 Å². The zero-order valence-electron chi connectivity index (χ0n) is 11.8. The zero-order chi connectivity index (χ0) is 12.9. The number of hydrogen-bond acceptors (Lipinski definition) is 3. The third kappa shape index (κ3) is 3.43. The SMILES string of the molecule is CCNC1(C#N)CCCC1CCN(C)C(C)C. The minimum absolute atomic E-state index is 0.243. The van der Waals surface area contributed by atoms with E-state index >= 15 is 0 Å². The Hall–Kier alpha value is -0.590. The molecule has 0 radical (unpaired) electrons. The van der Waals surface area contributed by atoms with Gasteiger partial charge in [-0.1, -0.05) is 13.3 Å². The lowest BCUT2D eigenvalue weighted by Crippen LogP contribution is -2.47. The summed E-state index contributed by atoms with van der Waals surface area (Å²) in [5, 5.41) is 12.9. The van der Waals surface area contributed by atoms with Crippen LogP contribution in [-0.2, 0) is 0 Å². The molecule has 98 valence electrons. The summed E-state index contributed by atoms with van der Waals surface area (Å²) in [5.74, 6) is 0.522. The zero-order valence-corrected chi connectivity index (χ0v) is 11.8. The van der Waals surface area contributed by atoms with E-state index < -0.39 is 0 Å². The van der Waals surface area contributed by atoms with Gasteiger partial charge < -0.3 is 4.90 Å². The standard InChI is InChI=1S/C14H27N3/c1-5-16-14(11-15)9-6-7-13(14)8-10-17(4)12(2)3/h12-13,16H,5-10H2,1-4H3. The Morgan fingerprint density at radius 2 is 2.24 bits per heavy atom. The smallest absolute Gasteiger partial charge is 0.109 e. The van der Waals surface area contributed by atoms with Crippen LogP contribution >= 0.6 is 0 Å². The molecule has 0 aromatic heterocycles. The first kappa shape index (κ1) is 14.5. The molecule has 2 unspecified atom stereocenters. The Bertz CT molecular complexity index is 269. The van der Waals surface area contributed by atoms with E-state index in [1.807, 2.05) is 0 Å². The van der Waals surface area contributed by atoms with Crippen molar-refractivity contribution in [3.8, 4) is 6.07 Å². The summed E-state index contributed by atoms with van der Waals surface area (Å²) in [4.78, 5) is 2.37. The van der Waals surface area contributed by atoms with Crippen molar-refractivity contribution in [1.29, 1.82) is 5.26 Å². The Morgan fingerprint density at radius 3 is 2.76 bits per heavy atom. The van der Waals surface area contributed by atoms with Crippen molar-refractivity contribution < 1.29 is 0 Å². The van der Waals surface area contributed by atoms with Crippen molar-refractivity contribution in [3.05, 3.63) is 0 Å². The Morgan fingerprint density at radius 1 is 1.53 bits per heavy atom. The van der Waals surface area contributed by atoms with Gasteiger partial charge in [-0.3, -0.25) is 5.32 Å². The molecule has 17 heavy (non-hydrogen) atoms. The van der Waals surface area contributed by atoms with Gasteiger partial charge in [0.15, 0.2) is 0 Å². The summed E-state index contributed by atoms with van der Waals surface area (Å²) in [7, 11) is 2.17. The monoisotopic (exact) mass is 237 g/mol. The van der Waals surface area contributed by atoms with E-state index in [-0.39, 0.29) is 5.54 Å². The van der Waals surface area contributed by atoms with Crippen LogP contribution in [-0.4, -0.2) is 36.6 Å². The van der Waals surface area contributed by atoms with Crippen LogP contribution in [0.2, 0.25) is 0 Å². The summed E-state index contributed by atoms with van der Waals surface area (Å²) < 4.78 is 0. The van der Waals surface area contributed by atoms with E-state index in [1.165, 1.54) is 12.8 Å². The first-order chi connectivity index (χ1) is 8.05. The molecule has 0 saturated heterocycles. The fourth-order valence-electron chi connectivity index (χ4n) is 2.82. The molecular weight excluding hydrogens is 210 g/mol. The molecule has 0 aliphatic heterocycles. The summed E-state index contributed by atoms with van der Waals surface area (Å²) >= 11 is 0. The number of hydrogen-bond donors (Lipinski definition) is 1. The van der Waals surface area contributed by atoms with Gasteiger partial charge in [-0.25, -0.2) is 0 Å². The topological polar surface area (TPSA) is 39.1 Å². The highest BCUT2D eigenvalue weighted by Crippen LogP contribution is 2.37. The summed E-state index contributed by atoms with van der Waals surface area (Å²) in [6.45, 7) is 8.52. The Kier molecular flexibility index (Phi) is 5.42. The van der Waals surface area contributed by atoms with E-state index in [4.69, 9.17) is 0 Å². The fraction of sp³-hybridized carbons (Fsp3) is 0.929. The number of rotatable bonds is 6. The van der Waals surface area contributed by atoms with Crippen molar-refractivity contribution in [2.45, 2.75) is 58.0 Å². The lowest BCUT2D eigenvalue weighted by molar-refractivity contribution is 0.223. The van der Waals surface area contributed by atoms with Gasteiger partial charge in [0.25, 0.3) is 0 Å². The van der Waals surface area contributed by atoms with Gasteiger partial charge in [0.05, 0.1) is 6.07 Å².